The zero-order valence-corrected chi connectivity index (χ0v) is 21.2. The maximum atomic E-state index is 13.7. The molecule has 0 saturated carbocycles. The molecule has 47 heavy (non-hydrogen) atoms. The highest BCUT2D eigenvalue weighted by molar-refractivity contribution is 7.88. The number of rotatable bonds is 13. The quantitative estimate of drug-likeness (QED) is 0.115. The Labute approximate surface area is 240 Å². The fraction of sp³-hybridized carbons (Fsp3) is 1.00. The van der Waals surface area contributed by atoms with Gasteiger partial charge in [-0.25, -0.2) is 0 Å². The van der Waals surface area contributed by atoms with Gasteiger partial charge < -0.3 is 0 Å². The first kappa shape index (κ1) is 45.2. The molecule has 0 aliphatic rings. The van der Waals surface area contributed by atoms with E-state index in [1.165, 1.54) is 0 Å². The molecule has 0 radical (unpaired) electrons. The molecule has 0 fully saturated rings. The Morgan fingerprint density at radius 1 is 0.298 bits per heavy atom. The van der Waals surface area contributed by atoms with Gasteiger partial charge in [-0.1, -0.05) is 11.6 Å². The minimum atomic E-state index is -10.0. The maximum absolute atomic E-state index is 13.7. The zero-order chi connectivity index (χ0) is 39.5. The highest BCUT2D eigenvalue weighted by atomic mass is 35.5. The highest BCUT2D eigenvalue weighted by Gasteiger charge is 3.01. The van der Waals surface area contributed by atoms with Gasteiger partial charge in [0.2, 0.25) is 0 Å². The monoisotopic (exact) mass is 816 g/mol. The summed E-state index contributed by atoms with van der Waals surface area (Å²) < 4.78 is 394. The van der Waals surface area contributed by atoms with Crippen LogP contribution in [0.4, 0.5) is 123 Å². The summed E-state index contributed by atoms with van der Waals surface area (Å²) in [6.45, 7) is 0. The van der Waals surface area contributed by atoms with Crippen molar-refractivity contribution in [3.8, 4) is 0 Å². The summed E-state index contributed by atoms with van der Waals surface area (Å²) in [5.41, 5.74) is 0. The Balaban J connectivity index is 7.65. The average molecular weight is 817 g/mol. The van der Waals surface area contributed by atoms with Crippen molar-refractivity contribution in [2.24, 2.45) is 0 Å². The van der Waals surface area contributed by atoms with E-state index in [1.54, 1.807) is 0 Å². The fourth-order valence-corrected chi connectivity index (χ4v) is 3.07. The highest BCUT2D eigenvalue weighted by Crippen LogP contribution is 2.69. The van der Waals surface area contributed by atoms with Crippen LogP contribution in [0.5, 0.6) is 0 Å². The van der Waals surface area contributed by atoms with E-state index < -0.39 is 91.8 Å². The second-order valence-corrected chi connectivity index (χ2v) is 10.6. The normalized spacial score (nSPS) is 18.3. The number of alkyl halides is 29. The summed E-state index contributed by atoms with van der Waals surface area (Å²) in [5, 5.41) is 0. The van der Waals surface area contributed by atoms with Gasteiger partial charge >= 0.3 is 91.8 Å². The molecule has 0 bridgehead atoms. The predicted molar refractivity (Wildman–Crippen MR) is 86.7 cm³/mol. The molecule has 1 unspecified atom stereocenters. The topological polar surface area (TPSA) is 54.4 Å². The lowest BCUT2D eigenvalue weighted by atomic mass is 9.84. The molecule has 0 aromatic heterocycles. The third-order valence-corrected chi connectivity index (χ3v) is 7.11. The summed E-state index contributed by atoms with van der Waals surface area (Å²) in [6.07, 6.45) is -8.32. The summed E-state index contributed by atoms with van der Waals surface area (Å²) in [5.74, 6) is -115. The third-order valence-electron chi connectivity index (χ3n) is 5.38. The molecule has 0 rings (SSSR count). The van der Waals surface area contributed by atoms with Gasteiger partial charge in [-0.3, -0.25) is 4.55 Å². The molecule has 284 valence electrons. The van der Waals surface area contributed by atoms with Gasteiger partial charge in [0.05, 0.1) is 0 Å². The summed E-state index contributed by atoms with van der Waals surface area (Å²) in [6, 6.07) is 0. The van der Waals surface area contributed by atoms with Crippen LogP contribution in [0.3, 0.4) is 0 Å². The van der Waals surface area contributed by atoms with Crippen LogP contribution in [0, 0.1) is 0 Å². The van der Waals surface area contributed by atoms with Gasteiger partial charge in [-0.15, -0.1) is 0 Å². The van der Waals surface area contributed by atoms with Crippen LogP contribution >= 0.6 is 11.6 Å². The molecule has 33 heteroatoms. The Hall–Kier alpha value is -1.76. The lowest BCUT2D eigenvalue weighted by molar-refractivity contribution is -0.485. The van der Waals surface area contributed by atoms with Crippen LogP contribution in [-0.2, 0) is 10.1 Å². The van der Waals surface area contributed by atoms with E-state index in [1.807, 2.05) is 0 Å². The van der Waals surface area contributed by atoms with Crippen LogP contribution < -0.4 is 0 Å². The van der Waals surface area contributed by atoms with Crippen LogP contribution in [0.15, 0.2) is 0 Å². The average Bonchev–Trinajstić information content (AvgIpc) is 2.80. The summed E-state index contributed by atoms with van der Waals surface area (Å²) in [7, 11) is -7.92. The van der Waals surface area contributed by atoms with Gasteiger partial charge in [0, 0.05) is 0 Å². The Bertz CT molecular complexity index is 1290. The molecule has 0 aromatic rings. The molecule has 0 aliphatic heterocycles. The van der Waals surface area contributed by atoms with Crippen LogP contribution in [0.2, 0.25) is 0 Å². The predicted octanol–water partition coefficient (Wildman–Crippen LogP) is 8.92. The summed E-state index contributed by atoms with van der Waals surface area (Å²) >= 11 is 3.46. The molecule has 0 heterocycles. The zero-order valence-electron chi connectivity index (χ0n) is 19.6. The van der Waals surface area contributed by atoms with Gasteiger partial charge in [-0.05, 0) is 0 Å². The van der Waals surface area contributed by atoms with Crippen molar-refractivity contribution in [2.75, 3.05) is 0 Å². The van der Waals surface area contributed by atoms with E-state index in [-0.39, 0.29) is 0 Å². The minimum absolute atomic E-state index is 3.46. The Kier molecular flexibility index (Phi) is 10.2. The van der Waals surface area contributed by atoms with E-state index in [0.29, 0.717) is 0 Å². The van der Waals surface area contributed by atoms with E-state index in [0.717, 1.165) is 0 Å². The molecule has 3 nitrogen and oxygen atoms in total. The lowest BCUT2D eigenvalue weighted by Crippen LogP contribution is -2.79. The summed E-state index contributed by atoms with van der Waals surface area (Å²) in [4.78, 5) is 0. The first-order chi connectivity index (χ1) is 19.5. The van der Waals surface area contributed by atoms with Gasteiger partial charge in [-0.2, -0.15) is 131 Å². The molecular weight excluding hydrogens is 816 g/mol. The van der Waals surface area contributed by atoms with Crippen molar-refractivity contribution < 1.29 is 136 Å². The number of halogens is 29. The van der Waals surface area contributed by atoms with E-state index >= 15 is 0 Å². The SMILES string of the molecule is O=S(=O)(O)C(F)(Cl)C(F)(F)C(F)(F)C(F)(F)C(F)(F)C(F)(F)C(F)(F)C(F)(F)C(F)(F)C(F)(F)C(F)(F)C(F)(F)C(F)(F)C(F)(F)F. The second-order valence-electron chi connectivity index (χ2n) is 8.38. The van der Waals surface area contributed by atoms with E-state index in [4.69, 9.17) is 4.55 Å². The Morgan fingerprint density at radius 2 is 0.426 bits per heavy atom. The molecule has 1 atom stereocenters. The largest absolute Gasteiger partial charge is 0.460 e. The molecule has 0 aromatic carbocycles. The van der Waals surface area contributed by atoms with Crippen molar-refractivity contribution in [1.29, 1.82) is 0 Å². The Morgan fingerprint density at radius 3 is 0.553 bits per heavy atom. The molecule has 0 spiro atoms. The van der Waals surface area contributed by atoms with E-state index in [2.05, 4.69) is 11.6 Å². The number of hydrogen-bond donors (Lipinski definition) is 1. The fourth-order valence-electron chi connectivity index (χ4n) is 2.49. The lowest BCUT2D eigenvalue weighted by Gasteiger charge is -2.46. The molecule has 0 amide bonds. The molecule has 0 aliphatic carbocycles. The molecule has 0 saturated heterocycles. The first-order valence-electron chi connectivity index (χ1n) is 9.45. The second kappa shape index (κ2) is 10.6. The molecular formula is C14HClF28O3S. The standard InChI is InChI=1S/C14HClF28O3S/c15-13(40,47(44,45)46)11(36,37)9(32,33)7(28,29)5(24,25)3(20,21)1(16,17)2(18,19)4(22,23)6(26,27)8(30,31)10(34,35)12(38,39)14(41,42)43/h(H,44,45,46). The van der Waals surface area contributed by atoms with Crippen molar-refractivity contribution >= 4 is 21.7 Å². The van der Waals surface area contributed by atoms with E-state index in [9.17, 15) is 131 Å². The van der Waals surface area contributed by atoms with Crippen molar-refractivity contribution in [3.05, 3.63) is 0 Å². The maximum Gasteiger partial charge on any atom is 0.460 e. The van der Waals surface area contributed by atoms with Gasteiger partial charge in [0.15, 0.2) is 0 Å². The van der Waals surface area contributed by atoms with Crippen molar-refractivity contribution in [2.45, 2.75) is 81.7 Å². The van der Waals surface area contributed by atoms with Crippen LogP contribution in [0.1, 0.15) is 0 Å². The van der Waals surface area contributed by atoms with Crippen molar-refractivity contribution in [1.82, 2.24) is 0 Å². The molecule has 1 N–H and O–H groups in total. The first-order valence-corrected chi connectivity index (χ1v) is 11.3. The van der Waals surface area contributed by atoms with Crippen LogP contribution in [-0.4, -0.2) is 94.7 Å². The number of hydrogen-bond acceptors (Lipinski definition) is 2. The van der Waals surface area contributed by atoms with Gasteiger partial charge in [0.25, 0.3) is 0 Å². The third kappa shape index (κ3) is 5.11. The van der Waals surface area contributed by atoms with Gasteiger partial charge in [0.1, 0.15) is 0 Å². The minimum Gasteiger partial charge on any atom is -0.282 e. The van der Waals surface area contributed by atoms with Crippen molar-refractivity contribution in [3.63, 3.8) is 0 Å². The van der Waals surface area contributed by atoms with Crippen LogP contribution in [0.25, 0.3) is 0 Å². The smallest absolute Gasteiger partial charge is 0.282 e.